The number of nitrogens with two attached hydrogens (primary N) is 1. The second-order valence-corrected chi connectivity index (χ2v) is 8.19. The van der Waals surface area contributed by atoms with E-state index < -0.39 is 5.54 Å². The summed E-state index contributed by atoms with van der Waals surface area (Å²) in [7, 11) is 0. The maximum Gasteiger partial charge on any atom is 0.266 e. The standard InChI is InChI=1S/C25H24ClN5O/c1-17(2)31-22(32)25(18-9-5-3-6-10-18,19-11-7-4-8-12-19)30-24(31)29-23(27)28-21-15-13-20(26)14-16-21/h3-17H,1-2H3,(H3,27,28,29,30). The number of anilines is 1. The molecular formula is C25H24ClN5O. The zero-order valence-electron chi connectivity index (χ0n) is 17.9. The minimum atomic E-state index is -1.23. The summed E-state index contributed by atoms with van der Waals surface area (Å²) in [6.07, 6.45) is 0. The lowest BCUT2D eigenvalue weighted by atomic mass is 9.82. The zero-order chi connectivity index (χ0) is 22.7. The molecule has 0 spiro atoms. The Morgan fingerprint density at radius 3 is 2.00 bits per heavy atom. The fourth-order valence-corrected chi connectivity index (χ4v) is 3.91. The predicted molar refractivity (Wildman–Crippen MR) is 130 cm³/mol. The number of guanidine groups is 2. The van der Waals surface area contributed by atoms with Crippen molar-refractivity contribution in [3.63, 3.8) is 0 Å². The van der Waals surface area contributed by atoms with Crippen LogP contribution in [0.1, 0.15) is 25.0 Å². The first-order chi connectivity index (χ1) is 15.4. The molecule has 162 valence electrons. The van der Waals surface area contributed by atoms with Crippen molar-refractivity contribution in [2.45, 2.75) is 25.4 Å². The van der Waals surface area contributed by atoms with Crippen LogP contribution in [-0.2, 0) is 10.3 Å². The van der Waals surface area contributed by atoms with E-state index in [-0.39, 0.29) is 23.9 Å². The smallest absolute Gasteiger partial charge is 0.266 e. The second-order valence-electron chi connectivity index (χ2n) is 7.75. The summed E-state index contributed by atoms with van der Waals surface area (Å²) in [6, 6.07) is 26.0. The van der Waals surface area contributed by atoms with Gasteiger partial charge in [-0.15, -0.1) is 0 Å². The van der Waals surface area contributed by atoms with E-state index >= 15 is 0 Å². The highest BCUT2D eigenvalue weighted by Crippen LogP contribution is 2.41. The van der Waals surface area contributed by atoms with Crippen LogP contribution in [0.2, 0.25) is 5.02 Å². The van der Waals surface area contributed by atoms with Crippen molar-refractivity contribution < 1.29 is 4.79 Å². The van der Waals surface area contributed by atoms with E-state index in [1.807, 2.05) is 74.5 Å². The molecule has 1 aliphatic heterocycles. The molecule has 0 saturated carbocycles. The van der Waals surface area contributed by atoms with E-state index in [1.165, 1.54) is 0 Å². The van der Waals surface area contributed by atoms with Gasteiger partial charge in [0.2, 0.25) is 11.9 Å². The molecule has 0 aromatic heterocycles. The van der Waals surface area contributed by atoms with Gasteiger partial charge in [0, 0.05) is 16.8 Å². The van der Waals surface area contributed by atoms with Gasteiger partial charge in [0.1, 0.15) is 0 Å². The summed E-state index contributed by atoms with van der Waals surface area (Å²) in [6.45, 7) is 3.86. The van der Waals surface area contributed by atoms with Gasteiger partial charge in [-0.2, -0.15) is 4.99 Å². The molecule has 3 aromatic carbocycles. The van der Waals surface area contributed by atoms with E-state index in [4.69, 9.17) is 22.3 Å². The van der Waals surface area contributed by atoms with E-state index in [0.29, 0.717) is 5.02 Å². The normalized spacial score (nSPS) is 15.8. The zero-order valence-corrected chi connectivity index (χ0v) is 18.6. The highest BCUT2D eigenvalue weighted by molar-refractivity contribution is 6.30. The molecular weight excluding hydrogens is 422 g/mol. The van der Waals surface area contributed by atoms with Crippen LogP contribution in [0.15, 0.2) is 94.9 Å². The van der Waals surface area contributed by atoms with Crippen LogP contribution >= 0.6 is 11.6 Å². The first kappa shape index (κ1) is 21.6. The molecule has 7 heteroatoms. The van der Waals surface area contributed by atoms with E-state index in [2.05, 4.69) is 10.3 Å². The predicted octanol–water partition coefficient (Wildman–Crippen LogP) is 4.62. The first-order valence-corrected chi connectivity index (χ1v) is 10.7. The van der Waals surface area contributed by atoms with Gasteiger partial charge in [0.15, 0.2) is 5.54 Å². The molecule has 1 heterocycles. The summed E-state index contributed by atoms with van der Waals surface area (Å²) in [4.78, 5) is 24.9. The molecule has 1 amide bonds. The number of nitrogens with one attached hydrogen (secondary N) is 1. The van der Waals surface area contributed by atoms with Crippen LogP contribution in [-0.4, -0.2) is 28.8 Å². The number of hydrogen-bond donors (Lipinski definition) is 2. The van der Waals surface area contributed by atoms with Crippen molar-refractivity contribution in [3.05, 3.63) is 101 Å². The number of hydrogen-bond acceptors (Lipinski definition) is 3. The Bertz CT molecular complexity index is 1120. The van der Waals surface area contributed by atoms with Gasteiger partial charge < -0.3 is 11.1 Å². The molecule has 0 radical (unpaired) electrons. The first-order valence-electron chi connectivity index (χ1n) is 10.3. The van der Waals surface area contributed by atoms with Crippen molar-refractivity contribution >= 4 is 35.1 Å². The molecule has 3 N–H and O–H groups in total. The fraction of sp³-hybridized carbons (Fsp3) is 0.160. The summed E-state index contributed by atoms with van der Waals surface area (Å²) >= 11 is 5.95. The number of carbonyl (C=O) groups is 1. The van der Waals surface area contributed by atoms with Crippen molar-refractivity contribution in [1.82, 2.24) is 4.90 Å². The maximum atomic E-state index is 13.9. The average molecular weight is 446 g/mol. The Morgan fingerprint density at radius 1 is 0.969 bits per heavy atom. The number of nitrogens with zero attached hydrogens (tertiary/aromatic N) is 3. The molecule has 3 aromatic rings. The Balaban J connectivity index is 1.83. The van der Waals surface area contributed by atoms with Crippen molar-refractivity contribution in [1.29, 1.82) is 0 Å². The SMILES string of the molecule is CC(C)N1C(=O)C(c2ccccc2)(c2ccccc2)N=C1/N=C(\N)Nc1ccc(Cl)cc1. The molecule has 0 fully saturated rings. The number of benzene rings is 3. The van der Waals surface area contributed by atoms with Crippen molar-refractivity contribution in [2.75, 3.05) is 5.32 Å². The lowest BCUT2D eigenvalue weighted by Crippen LogP contribution is -2.45. The van der Waals surface area contributed by atoms with Gasteiger partial charge in [-0.25, -0.2) is 4.99 Å². The van der Waals surface area contributed by atoms with Gasteiger partial charge >= 0.3 is 0 Å². The molecule has 0 unspecified atom stereocenters. The second kappa shape index (κ2) is 8.85. The number of halogens is 1. The Morgan fingerprint density at radius 2 is 1.50 bits per heavy atom. The van der Waals surface area contributed by atoms with Crippen LogP contribution in [0.4, 0.5) is 5.69 Å². The van der Waals surface area contributed by atoms with Crippen LogP contribution < -0.4 is 11.1 Å². The fourth-order valence-electron chi connectivity index (χ4n) is 3.78. The molecule has 0 saturated heterocycles. The van der Waals surface area contributed by atoms with Gasteiger partial charge in [-0.1, -0.05) is 72.3 Å². The molecule has 0 aliphatic carbocycles. The topological polar surface area (TPSA) is 83.1 Å². The minimum absolute atomic E-state index is 0.126. The Labute approximate surface area is 192 Å². The monoisotopic (exact) mass is 445 g/mol. The summed E-state index contributed by atoms with van der Waals surface area (Å²) < 4.78 is 0. The number of carbonyl (C=O) groups excluding carboxylic acids is 1. The van der Waals surface area contributed by atoms with E-state index in [9.17, 15) is 4.79 Å². The summed E-state index contributed by atoms with van der Waals surface area (Å²) in [5.41, 5.74) is 7.23. The lowest BCUT2D eigenvalue weighted by Gasteiger charge is -2.28. The third-order valence-corrected chi connectivity index (χ3v) is 5.50. The third kappa shape index (κ3) is 3.97. The van der Waals surface area contributed by atoms with E-state index in [0.717, 1.165) is 16.8 Å². The molecule has 6 nitrogen and oxygen atoms in total. The molecule has 0 bridgehead atoms. The van der Waals surface area contributed by atoms with Gasteiger partial charge in [-0.05, 0) is 49.2 Å². The van der Waals surface area contributed by atoms with Crippen LogP contribution in [0.3, 0.4) is 0 Å². The third-order valence-electron chi connectivity index (χ3n) is 5.25. The molecule has 0 atom stereocenters. The lowest BCUT2D eigenvalue weighted by molar-refractivity contribution is -0.131. The molecule has 1 aliphatic rings. The van der Waals surface area contributed by atoms with Crippen molar-refractivity contribution in [2.24, 2.45) is 15.7 Å². The van der Waals surface area contributed by atoms with Gasteiger partial charge in [0.05, 0.1) is 0 Å². The average Bonchev–Trinajstić information content (AvgIpc) is 3.09. The Kier molecular flexibility index (Phi) is 5.97. The Hall–Kier alpha value is -3.64. The van der Waals surface area contributed by atoms with E-state index in [1.54, 1.807) is 29.2 Å². The number of rotatable bonds is 4. The largest absolute Gasteiger partial charge is 0.369 e. The molecule has 32 heavy (non-hydrogen) atoms. The summed E-state index contributed by atoms with van der Waals surface area (Å²) in [5.74, 6) is 0.223. The van der Waals surface area contributed by atoms with Crippen molar-refractivity contribution in [3.8, 4) is 0 Å². The number of aliphatic imine (C=N–C) groups is 2. The van der Waals surface area contributed by atoms with Crippen LogP contribution in [0.25, 0.3) is 0 Å². The van der Waals surface area contributed by atoms with Crippen LogP contribution in [0, 0.1) is 0 Å². The van der Waals surface area contributed by atoms with Gasteiger partial charge in [0.25, 0.3) is 5.91 Å². The minimum Gasteiger partial charge on any atom is -0.369 e. The van der Waals surface area contributed by atoms with Crippen LogP contribution in [0.5, 0.6) is 0 Å². The van der Waals surface area contributed by atoms with Gasteiger partial charge in [-0.3, -0.25) is 9.69 Å². The number of amides is 1. The maximum absolute atomic E-state index is 13.9. The summed E-state index contributed by atoms with van der Waals surface area (Å²) in [5, 5.41) is 3.65. The highest BCUT2D eigenvalue weighted by atomic mass is 35.5. The highest BCUT2D eigenvalue weighted by Gasteiger charge is 2.52. The quantitative estimate of drug-likeness (QED) is 0.454. The molecule has 4 rings (SSSR count).